The lowest BCUT2D eigenvalue weighted by Gasteiger charge is -2.22. The van der Waals surface area contributed by atoms with Gasteiger partial charge in [0.05, 0.1) is 25.2 Å². The number of amides is 2. The first-order chi connectivity index (χ1) is 10.2. The second-order valence-corrected chi connectivity index (χ2v) is 4.82. The largest absolute Gasteiger partial charge is 0.329 e. The summed E-state index contributed by atoms with van der Waals surface area (Å²) in [4.78, 5) is 17.5. The Labute approximate surface area is 125 Å². The summed E-state index contributed by atoms with van der Waals surface area (Å²) in [6.07, 6.45) is 0. The molecule has 2 amide bonds. The van der Waals surface area contributed by atoms with Crippen molar-refractivity contribution in [2.75, 3.05) is 65.4 Å². The van der Waals surface area contributed by atoms with Crippen molar-refractivity contribution in [3.8, 4) is 12.1 Å². The molecule has 0 aromatic carbocycles. The SMILES string of the molecule is N#CCN(CC#N)CCN1CCN(CCNCCN)C1=O. The molecule has 0 aliphatic carbocycles. The first-order valence-corrected chi connectivity index (χ1v) is 7.13. The van der Waals surface area contributed by atoms with Gasteiger partial charge in [-0.15, -0.1) is 0 Å². The summed E-state index contributed by atoms with van der Waals surface area (Å²) in [5.74, 6) is 0. The van der Waals surface area contributed by atoms with E-state index in [2.05, 4.69) is 5.32 Å². The minimum atomic E-state index is 0.0263. The van der Waals surface area contributed by atoms with Gasteiger partial charge in [-0.25, -0.2) is 4.79 Å². The fraction of sp³-hybridized carbons (Fsp3) is 0.769. The molecule has 1 saturated heterocycles. The summed E-state index contributed by atoms with van der Waals surface area (Å²) < 4.78 is 0. The van der Waals surface area contributed by atoms with Crippen LogP contribution in [0.5, 0.6) is 0 Å². The Kier molecular flexibility index (Phi) is 8.14. The molecule has 0 atom stereocenters. The number of carbonyl (C=O) groups is 1. The third kappa shape index (κ3) is 5.96. The lowest BCUT2D eigenvalue weighted by molar-refractivity contribution is 0.186. The van der Waals surface area contributed by atoms with Crippen LogP contribution in [0.15, 0.2) is 0 Å². The Morgan fingerprint density at radius 1 is 1.14 bits per heavy atom. The molecule has 116 valence electrons. The normalized spacial score (nSPS) is 14.6. The van der Waals surface area contributed by atoms with Gasteiger partial charge in [-0.2, -0.15) is 10.5 Å². The number of urea groups is 1. The van der Waals surface area contributed by atoms with E-state index in [1.807, 2.05) is 17.0 Å². The molecule has 0 aromatic rings. The van der Waals surface area contributed by atoms with Crippen molar-refractivity contribution >= 4 is 6.03 Å². The van der Waals surface area contributed by atoms with Gasteiger partial charge in [-0.1, -0.05) is 0 Å². The molecule has 0 unspecified atom stereocenters. The minimum Gasteiger partial charge on any atom is -0.329 e. The number of carbonyl (C=O) groups excluding carboxylic acids is 1. The molecule has 8 heteroatoms. The maximum Gasteiger partial charge on any atom is 0.320 e. The number of nitriles is 2. The predicted molar refractivity (Wildman–Crippen MR) is 78.1 cm³/mol. The lowest BCUT2D eigenvalue weighted by atomic mass is 10.4. The summed E-state index contributed by atoms with van der Waals surface area (Å²) in [5.41, 5.74) is 5.39. The molecule has 1 heterocycles. The van der Waals surface area contributed by atoms with E-state index in [0.29, 0.717) is 32.7 Å². The van der Waals surface area contributed by atoms with Crippen molar-refractivity contribution in [3.05, 3.63) is 0 Å². The molecular formula is C13H23N7O. The van der Waals surface area contributed by atoms with E-state index in [1.165, 1.54) is 0 Å². The van der Waals surface area contributed by atoms with Crippen LogP contribution in [0.4, 0.5) is 4.79 Å². The molecule has 1 fully saturated rings. The first-order valence-electron chi connectivity index (χ1n) is 7.13. The van der Waals surface area contributed by atoms with Crippen molar-refractivity contribution in [2.45, 2.75) is 0 Å². The molecule has 0 bridgehead atoms. The van der Waals surface area contributed by atoms with E-state index in [-0.39, 0.29) is 19.1 Å². The molecule has 0 spiro atoms. The fourth-order valence-electron chi connectivity index (χ4n) is 2.16. The van der Waals surface area contributed by atoms with Crippen LogP contribution in [0, 0.1) is 22.7 Å². The van der Waals surface area contributed by atoms with E-state index < -0.39 is 0 Å². The van der Waals surface area contributed by atoms with Gasteiger partial charge in [-0.05, 0) is 0 Å². The van der Waals surface area contributed by atoms with Crippen molar-refractivity contribution in [3.63, 3.8) is 0 Å². The Hall–Kier alpha value is -1.87. The molecular weight excluding hydrogens is 270 g/mol. The zero-order chi connectivity index (χ0) is 15.5. The monoisotopic (exact) mass is 293 g/mol. The maximum atomic E-state index is 12.1. The molecule has 0 aromatic heterocycles. The summed E-state index contributed by atoms with van der Waals surface area (Å²) in [6, 6.07) is 4.09. The Morgan fingerprint density at radius 2 is 1.76 bits per heavy atom. The molecule has 1 aliphatic heterocycles. The minimum absolute atomic E-state index is 0.0263. The summed E-state index contributed by atoms with van der Waals surface area (Å²) in [7, 11) is 0. The molecule has 0 radical (unpaired) electrons. The van der Waals surface area contributed by atoms with Crippen molar-refractivity contribution in [1.29, 1.82) is 10.5 Å². The summed E-state index contributed by atoms with van der Waals surface area (Å²) in [6.45, 7) is 5.70. The zero-order valence-corrected chi connectivity index (χ0v) is 12.3. The number of rotatable bonds is 10. The smallest absolute Gasteiger partial charge is 0.320 e. The van der Waals surface area contributed by atoms with Gasteiger partial charge in [0.1, 0.15) is 0 Å². The first kappa shape index (κ1) is 17.2. The number of nitrogens with one attached hydrogen (secondary N) is 1. The molecule has 21 heavy (non-hydrogen) atoms. The standard InChI is InChI=1S/C13H23N7O/c14-1-4-17-5-8-19-11-12-20(13(19)21)10-9-18(6-2-15)7-3-16/h17H,1,4-12,14H2. The number of nitrogens with zero attached hydrogens (tertiary/aromatic N) is 5. The second kappa shape index (κ2) is 9.94. The third-order valence-electron chi connectivity index (χ3n) is 3.34. The summed E-state index contributed by atoms with van der Waals surface area (Å²) >= 11 is 0. The topological polar surface area (TPSA) is 112 Å². The van der Waals surface area contributed by atoms with Crippen LogP contribution >= 0.6 is 0 Å². The third-order valence-corrected chi connectivity index (χ3v) is 3.34. The van der Waals surface area contributed by atoms with Crippen LogP contribution < -0.4 is 11.1 Å². The van der Waals surface area contributed by atoms with Crippen LogP contribution in [-0.2, 0) is 0 Å². The van der Waals surface area contributed by atoms with Gasteiger partial charge >= 0.3 is 6.03 Å². The van der Waals surface area contributed by atoms with E-state index in [0.717, 1.165) is 19.6 Å². The average molecular weight is 293 g/mol. The Balaban J connectivity index is 2.29. The molecule has 1 aliphatic rings. The predicted octanol–water partition coefficient (Wildman–Crippen LogP) is -1.38. The molecule has 8 nitrogen and oxygen atoms in total. The Bertz CT molecular complexity index is 384. The van der Waals surface area contributed by atoms with Crippen LogP contribution in [0.2, 0.25) is 0 Å². The highest BCUT2D eigenvalue weighted by Crippen LogP contribution is 2.07. The fourth-order valence-corrected chi connectivity index (χ4v) is 2.16. The highest BCUT2D eigenvalue weighted by molar-refractivity contribution is 5.76. The quantitative estimate of drug-likeness (QED) is 0.379. The second-order valence-electron chi connectivity index (χ2n) is 4.82. The van der Waals surface area contributed by atoms with E-state index in [4.69, 9.17) is 16.3 Å². The van der Waals surface area contributed by atoms with Crippen molar-refractivity contribution in [2.24, 2.45) is 5.73 Å². The maximum absolute atomic E-state index is 12.1. The number of nitrogens with two attached hydrogens (primary N) is 1. The van der Waals surface area contributed by atoms with Gasteiger partial charge in [0.15, 0.2) is 0 Å². The lowest BCUT2D eigenvalue weighted by Crippen LogP contribution is -2.40. The van der Waals surface area contributed by atoms with Crippen LogP contribution in [-0.4, -0.2) is 86.2 Å². The van der Waals surface area contributed by atoms with Gasteiger partial charge in [0.25, 0.3) is 0 Å². The zero-order valence-electron chi connectivity index (χ0n) is 12.3. The highest BCUT2D eigenvalue weighted by atomic mass is 16.2. The van der Waals surface area contributed by atoms with E-state index in [1.54, 1.807) is 9.80 Å². The van der Waals surface area contributed by atoms with Crippen LogP contribution in [0.3, 0.4) is 0 Å². The van der Waals surface area contributed by atoms with Gasteiger partial charge in [0.2, 0.25) is 0 Å². The van der Waals surface area contributed by atoms with Gasteiger partial charge < -0.3 is 20.9 Å². The van der Waals surface area contributed by atoms with Gasteiger partial charge in [-0.3, -0.25) is 4.90 Å². The van der Waals surface area contributed by atoms with Crippen molar-refractivity contribution < 1.29 is 4.79 Å². The highest BCUT2D eigenvalue weighted by Gasteiger charge is 2.27. The Morgan fingerprint density at radius 3 is 2.33 bits per heavy atom. The molecule has 3 N–H and O–H groups in total. The average Bonchev–Trinajstić information content (AvgIpc) is 2.82. The van der Waals surface area contributed by atoms with Gasteiger partial charge in [0, 0.05) is 52.4 Å². The number of hydrogen-bond donors (Lipinski definition) is 2. The molecule has 1 rings (SSSR count). The van der Waals surface area contributed by atoms with Crippen LogP contribution in [0.1, 0.15) is 0 Å². The molecule has 0 saturated carbocycles. The van der Waals surface area contributed by atoms with Crippen molar-refractivity contribution in [1.82, 2.24) is 20.0 Å². The number of hydrogen-bond acceptors (Lipinski definition) is 6. The summed E-state index contributed by atoms with van der Waals surface area (Å²) in [5, 5.41) is 20.5. The van der Waals surface area contributed by atoms with E-state index in [9.17, 15) is 4.79 Å². The van der Waals surface area contributed by atoms with E-state index >= 15 is 0 Å². The van der Waals surface area contributed by atoms with Crippen LogP contribution in [0.25, 0.3) is 0 Å².